The number of aliphatic hydroxyl groups is 1. The van der Waals surface area contributed by atoms with E-state index < -0.39 is 17.7 Å². The van der Waals surface area contributed by atoms with Crippen LogP contribution in [0.2, 0.25) is 0 Å². The van der Waals surface area contributed by atoms with Crippen molar-refractivity contribution in [1.82, 2.24) is 0 Å². The molecular weight excluding hydrogens is 484 g/mol. The molecule has 8 heteroatoms. The molecule has 1 fully saturated rings. The first-order chi connectivity index (χ1) is 18.2. The number of benzene rings is 3. The summed E-state index contributed by atoms with van der Waals surface area (Å²) in [6.45, 7) is 5.81. The Bertz CT molecular complexity index is 1430. The second-order valence-corrected chi connectivity index (χ2v) is 9.01. The van der Waals surface area contributed by atoms with Crippen molar-refractivity contribution >= 4 is 34.7 Å². The number of carbonyl (C=O) groups is 3. The van der Waals surface area contributed by atoms with Crippen molar-refractivity contribution in [2.24, 2.45) is 0 Å². The fraction of sp³-hybridized carbons (Fsp3) is 0.233. The van der Waals surface area contributed by atoms with E-state index in [1.807, 2.05) is 13.8 Å². The van der Waals surface area contributed by atoms with Crippen LogP contribution in [0.5, 0.6) is 11.5 Å². The van der Waals surface area contributed by atoms with Gasteiger partial charge in [-0.05, 0) is 73.0 Å². The Hall–Kier alpha value is -4.59. The van der Waals surface area contributed by atoms with E-state index in [0.717, 1.165) is 12.0 Å². The first kappa shape index (κ1) is 26.5. The maximum Gasteiger partial charge on any atom is 0.300 e. The van der Waals surface area contributed by atoms with Crippen molar-refractivity contribution in [2.75, 3.05) is 23.9 Å². The molecule has 1 unspecified atom stereocenters. The zero-order valence-corrected chi connectivity index (χ0v) is 21.8. The van der Waals surface area contributed by atoms with Gasteiger partial charge in [0.25, 0.3) is 11.7 Å². The van der Waals surface area contributed by atoms with Crippen molar-refractivity contribution < 1.29 is 29.0 Å². The van der Waals surface area contributed by atoms with Gasteiger partial charge < -0.3 is 19.9 Å². The molecule has 3 aromatic rings. The van der Waals surface area contributed by atoms with Gasteiger partial charge in [-0.3, -0.25) is 19.3 Å². The molecule has 3 aromatic carbocycles. The molecule has 0 aliphatic carbocycles. The van der Waals surface area contributed by atoms with Gasteiger partial charge in [0.15, 0.2) is 0 Å². The third-order valence-electron chi connectivity index (χ3n) is 6.21. The number of ketones is 1. The van der Waals surface area contributed by atoms with E-state index in [-0.39, 0.29) is 17.2 Å². The Morgan fingerprint density at radius 2 is 1.82 bits per heavy atom. The first-order valence-corrected chi connectivity index (χ1v) is 12.3. The molecule has 1 heterocycles. The highest BCUT2D eigenvalue weighted by atomic mass is 16.5. The number of rotatable bonds is 8. The zero-order valence-electron chi connectivity index (χ0n) is 21.8. The Morgan fingerprint density at radius 3 is 2.50 bits per heavy atom. The average Bonchev–Trinajstić information content (AvgIpc) is 3.17. The summed E-state index contributed by atoms with van der Waals surface area (Å²) in [7, 11) is 1.53. The fourth-order valence-electron chi connectivity index (χ4n) is 4.49. The van der Waals surface area contributed by atoms with Crippen LogP contribution in [0.3, 0.4) is 0 Å². The minimum atomic E-state index is -0.936. The molecule has 2 amide bonds. The van der Waals surface area contributed by atoms with Crippen LogP contribution in [0.25, 0.3) is 5.76 Å². The predicted octanol–water partition coefficient (Wildman–Crippen LogP) is 5.38. The quantitative estimate of drug-likeness (QED) is 0.238. The average molecular weight is 515 g/mol. The molecule has 0 aromatic heterocycles. The number of nitrogens with one attached hydrogen (secondary N) is 1. The van der Waals surface area contributed by atoms with Gasteiger partial charge in [0.2, 0.25) is 5.91 Å². The largest absolute Gasteiger partial charge is 0.507 e. The SMILES string of the molecule is CCCOc1ccc(/C(O)=C2\C(=O)C(=O)N(c3cccc(NC(C)=O)c3)C2c2cccc(OC)c2)cc1C. The summed E-state index contributed by atoms with van der Waals surface area (Å²) in [5, 5.41) is 14.1. The standard InChI is InChI=1S/C30H30N2O6/c1-5-14-38-25-13-12-21(15-18(25)2)28(34)26-27(20-8-6-11-24(16-20)37-4)32(30(36)29(26)35)23-10-7-9-22(17-23)31-19(3)33/h6-13,15-17,27,34H,5,14H2,1-4H3,(H,31,33)/b28-26+. The highest BCUT2D eigenvalue weighted by Crippen LogP contribution is 2.43. The number of hydrogen-bond donors (Lipinski definition) is 2. The number of methoxy groups -OCH3 is 1. The smallest absolute Gasteiger partial charge is 0.300 e. The summed E-state index contributed by atoms with van der Waals surface area (Å²) in [5.74, 6) is -0.948. The summed E-state index contributed by atoms with van der Waals surface area (Å²) >= 11 is 0. The lowest BCUT2D eigenvalue weighted by atomic mass is 9.94. The van der Waals surface area contributed by atoms with Crippen LogP contribution in [0.1, 0.15) is 43.0 Å². The molecule has 38 heavy (non-hydrogen) atoms. The Kier molecular flexibility index (Phi) is 7.81. The van der Waals surface area contributed by atoms with Crippen LogP contribution in [-0.4, -0.2) is 36.4 Å². The summed E-state index contributed by atoms with van der Waals surface area (Å²) in [4.78, 5) is 39.9. The van der Waals surface area contributed by atoms with E-state index in [1.165, 1.54) is 18.9 Å². The molecule has 2 N–H and O–H groups in total. The Balaban J connectivity index is 1.89. The highest BCUT2D eigenvalue weighted by molar-refractivity contribution is 6.51. The topological polar surface area (TPSA) is 105 Å². The van der Waals surface area contributed by atoms with Crippen LogP contribution >= 0.6 is 0 Å². The number of aryl methyl sites for hydroxylation is 1. The number of carbonyl (C=O) groups excluding carboxylic acids is 3. The molecule has 0 radical (unpaired) electrons. The first-order valence-electron chi connectivity index (χ1n) is 12.3. The summed E-state index contributed by atoms with van der Waals surface area (Å²) < 4.78 is 11.1. The third-order valence-corrected chi connectivity index (χ3v) is 6.21. The molecule has 4 rings (SSSR count). The minimum Gasteiger partial charge on any atom is -0.507 e. The normalized spacial score (nSPS) is 16.4. The monoisotopic (exact) mass is 514 g/mol. The maximum atomic E-state index is 13.5. The molecule has 0 bridgehead atoms. The number of ether oxygens (including phenoxy) is 2. The van der Waals surface area contributed by atoms with E-state index in [4.69, 9.17) is 9.47 Å². The van der Waals surface area contributed by atoms with Crippen LogP contribution in [-0.2, 0) is 14.4 Å². The number of Topliss-reactive ketones (excluding diaryl/α,β-unsaturated/α-hetero) is 1. The van der Waals surface area contributed by atoms with E-state index in [0.29, 0.717) is 40.6 Å². The highest BCUT2D eigenvalue weighted by Gasteiger charge is 2.47. The summed E-state index contributed by atoms with van der Waals surface area (Å²) in [5.41, 5.74) is 2.58. The molecule has 0 spiro atoms. The third kappa shape index (κ3) is 5.25. The summed E-state index contributed by atoms with van der Waals surface area (Å²) in [6.07, 6.45) is 0.855. The lowest BCUT2D eigenvalue weighted by molar-refractivity contribution is -0.132. The molecular formula is C30H30N2O6. The molecule has 0 saturated carbocycles. The maximum absolute atomic E-state index is 13.5. The molecule has 1 saturated heterocycles. The molecule has 1 aliphatic heterocycles. The van der Waals surface area contributed by atoms with Gasteiger partial charge in [0.1, 0.15) is 17.3 Å². The zero-order chi connectivity index (χ0) is 27.4. The Labute approximate surface area is 221 Å². The molecule has 196 valence electrons. The van der Waals surface area contributed by atoms with Gasteiger partial charge in [0, 0.05) is 23.9 Å². The van der Waals surface area contributed by atoms with Crippen molar-refractivity contribution in [3.8, 4) is 11.5 Å². The van der Waals surface area contributed by atoms with Crippen molar-refractivity contribution in [1.29, 1.82) is 0 Å². The number of aliphatic hydroxyl groups excluding tert-OH is 1. The van der Waals surface area contributed by atoms with Crippen LogP contribution in [0.15, 0.2) is 72.3 Å². The second-order valence-electron chi connectivity index (χ2n) is 9.01. The van der Waals surface area contributed by atoms with Gasteiger partial charge in [-0.2, -0.15) is 0 Å². The van der Waals surface area contributed by atoms with Crippen molar-refractivity contribution in [3.63, 3.8) is 0 Å². The second kappa shape index (κ2) is 11.2. The van der Waals surface area contributed by atoms with Crippen LogP contribution < -0.4 is 19.7 Å². The minimum absolute atomic E-state index is 0.0465. The van der Waals surface area contributed by atoms with Crippen LogP contribution in [0, 0.1) is 6.92 Å². The van der Waals surface area contributed by atoms with Gasteiger partial charge in [-0.15, -0.1) is 0 Å². The number of hydrogen-bond acceptors (Lipinski definition) is 6. The lowest BCUT2D eigenvalue weighted by Crippen LogP contribution is -2.29. The van der Waals surface area contributed by atoms with Gasteiger partial charge in [-0.25, -0.2) is 0 Å². The van der Waals surface area contributed by atoms with Gasteiger partial charge in [-0.1, -0.05) is 25.1 Å². The lowest BCUT2D eigenvalue weighted by Gasteiger charge is -2.26. The number of nitrogens with zero attached hydrogens (tertiary/aromatic N) is 1. The van der Waals surface area contributed by atoms with Crippen LogP contribution in [0.4, 0.5) is 11.4 Å². The molecule has 1 atom stereocenters. The molecule has 8 nitrogen and oxygen atoms in total. The summed E-state index contributed by atoms with van der Waals surface area (Å²) in [6, 6.07) is 17.9. The molecule has 1 aliphatic rings. The Morgan fingerprint density at radius 1 is 1.05 bits per heavy atom. The van der Waals surface area contributed by atoms with E-state index >= 15 is 0 Å². The van der Waals surface area contributed by atoms with E-state index in [2.05, 4.69) is 5.32 Å². The van der Waals surface area contributed by atoms with E-state index in [9.17, 15) is 19.5 Å². The van der Waals surface area contributed by atoms with Gasteiger partial charge in [0.05, 0.1) is 25.3 Å². The number of amides is 2. The fourth-order valence-corrected chi connectivity index (χ4v) is 4.49. The van der Waals surface area contributed by atoms with E-state index in [1.54, 1.807) is 66.7 Å². The predicted molar refractivity (Wildman–Crippen MR) is 145 cm³/mol. The number of anilines is 2. The van der Waals surface area contributed by atoms with Gasteiger partial charge >= 0.3 is 0 Å². The van der Waals surface area contributed by atoms with Crippen molar-refractivity contribution in [3.05, 3.63) is 89.0 Å². The van der Waals surface area contributed by atoms with Crippen molar-refractivity contribution in [2.45, 2.75) is 33.2 Å².